The highest BCUT2D eigenvalue weighted by molar-refractivity contribution is 7.89. The van der Waals surface area contributed by atoms with Gasteiger partial charge in [0.15, 0.2) is 0 Å². The van der Waals surface area contributed by atoms with Crippen LogP contribution in [0.15, 0.2) is 58.8 Å². The number of thiazole rings is 1. The third-order valence-corrected chi connectivity index (χ3v) is 10.1. The number of nitrogens with one attached hydrogen (secondary N) is 2. The monoisotopic (exact) mass is 570 g/mol. The van der Waals surface area contributed by atoms with Crippen LogP contribution in [-0.4, -0.2) is 31.4 Å². The van der Waals surface area contributed by atoms with E-state index >= 15 is 0 Å². The number of sulfonamides is 1. The first-order valence-corrected chi connectivity index (χ1v) is 15.8. The molecule has 3 heterocycles. The molecule has 2 N–H and O–H groups in total. The van der Waals surface area contributed by atoms with E-state index in [0.717, 1.165) is 45.1 Å². The first kappa shape index (κ1) is 26.7. The number of ether oxygens (including phenoxy) is 1. The lowest BCUT2D eigenvalue weighted by atomic mass is 9.87. The van der Waals surface area contributed by atoms with Crippen molar-refractivity contribution in [3.05, 3.63) is 69.4 Å². The Kier molecular flexibility index (Phi) is 8.37. The summed E-state index contributed by atoms with van der Waals surface area (Å²) in [7, 11) is -2.08. The van der Waals surface area contributed by atoms with Crippen LogP contribution >= 0.6 is 22.7 Å². The number of nitrogens with zero attached hydrogens (tertiary/aromatic N) is 2. The van der Waals surface area contributed by atoms with Crippen LogP contribution in [0.1, 0.15) is 53.5 Å². The molecule has 0 saturated heterocycles. The molecule has 1 aliphatic rings. The highest BCUT2D eigenvalue weighted by Crippen LogP contribution is 2.35. The summed E-state index contributed by atoms with van der Waals surface area (Å²) in [6.07, 6.45) is 5.36. The summed E-state index contributed by atoms with van der Waals surface area (Å²) in [5, 5.41) is 5.75. The molecule has 0 radical (unpaired) electrons. The second-order valence-corrected chi connectivity index (χ2v) is 13.3. The van der Waals surface area contributed by atoms with Crippen molar-refractivity contribution in [2.45, 2.75) is 56.0 Å². The summed E-state index contributed by atoms with van der Waals surface area (Å²) in [6, 6.07) is 14.1. The Balaban J connectivity index is 1.29. The van der Waals surface area contributed by atoms with Gasteiger partial charge in [-0.05, 0) is 47.5 Å². The Labute approximate surface area is 230 Å². The Bertz CT molecular complexity index is 1480. The molecule has 4 aromatic rings. The molecule has 1 unspecified atom stereocenters. The second-order valence-electron chi connectivity index (χ2n) is 9.42. The number of methoxy groups -OCH3 is 1. The first-order chi connectivity index (χ1) is 18.4. The quantitative estimate of drug-likeness (QED) is 0.256. The minimum Gasteiger partial charge on any atom is -0.481 e. The molecule has 0 spiro atoms. The van der Waals surface area contributed by atoms with E-state index in [9.17, 15) is 13.2 Å². The highest BCUT2D eigenvalue weighted by Gasteiger charge is 2.27. The van der Waals surface area contributed by atoms with Gasteiger partial charge >= 0.3 is 0 Å². The van der Waals surface area contributed by atoms with Crippen molar-refractivity contribution in [3.8, 4) is 5.88 Å². The Hall–Kier alpha value is -2.86. The SMILES string of the molecule is COc1ccc2nc(CNC(=O)C(CC3CCCC3)c3ccc(S(=O)(=O)NCc4cccs4)cc3)sc2n1. The standard InChI is InChI=1S/C27H30N4O4S3/c1-35-24-13-12-23-27(31-24)37-25(30-23)17-28-26(32)22(15-18-5-2-3-6-18)19-8-10-21(11-9-19)38(33,34)29-16-20-7-4-14-36-20/h4,7-14,18,22,29H,2-3,5-6,15-17H2,1H3,(H,28,32). The van der Waals surface area contributed by atoms with Crippen molar-refractivity contribution in [1.82, 2.24) is 20.0 Å². The molecule has 38 heavy (non-hydrogen) atoms. The van der Waals surface area contributed by atoms with E-state index in [1.165, 1.54) is 35.5 Å². The van der Waals surface area contributed by atoms with Gasteiger partial charge in [-0.2, -0.15) is 0 Å². The summed E-state index contributed by atoms with van der Waals surface area (Å²) < 4.78 is 33.4. The molecule has 1 aromatic carbocycles. The second kappa shape index (κ2) is 11.9. The number of hydrogen-bond donors (Lipinski definition) is 2. The predicted octanol–water partition coefficient (Wildman–Crippen LogP) is 5.22. The van der Waals surface area contributed by atoms with Gasteiger partial charge in [0.05, 0.1) is 24.5 Å². The summed E-state index contributed by atoms with van der Waals surface area (Å²) >= 11 is 2.93. The molecule has 1 aliphatic carbocycles. The fourth-order valence-corrected chi connectivity index (χ4v) is 7.44. The van der Waals surface area contributed by atoms with Crippen molar-refractivity contribution in [3.63, 3.8) is 0 Å². The van der Waals surface area contributed by atoms with Gasteiger partial charge in [0, 0.05) is 17.5 Å². The van der Waals surface area contributed by atoms with E-state index in [2.05, 4.69) is 20.0 Å². The number of amides is 1. The van der Waals surface area contributed by atoms with E-state index in [1.54, 1.807) is 37.4 Å². The molecule has 1 amide bonds. The number of rotatable bonds is 11. The molecule has 3 aromatic heterocycles. The van der Waals surface area contributed by atoms with Crippen LogP contribution in [0.2, 0.25) is 0 Å². The third-order valence-electron chi connectivity index (χ3n) is 6.87. The number of fused-ring (bicyclic) bond motifs is 1. The number of hydrogen-bond acceptors (Lipinski definition) is 8. The number of benzene rings is 1. The van der Waals surface area contributed by atoms with E-state index in [0.29, 0.717) is 18.3 Å². The molecule has 11 heteroatoms. The average Bonchev–Trinajstić information content (AvgIpc) is 3.71. The zero-order valence-electron chi connectivity index (χ0n) is 21.1. The van der Waals surface area contributed by atoms with Crippen LogP contribution < -0.4 is 14.8 Å². The largest absolute Gasteiger partial charge is 0.481 e. The van der Waals surface area contributed by atoms with Gasteiger partial charge in [0.1, 0.15) is 15.4 Å². The van der Waals surface area contributed by atoms with Crippen molar-refractivity contribution in [2.24, 2.45) is 5.92 Å². The zero-order chi connectivity index (χ0) is 26.5. The molecule has 1 saturated carbocycles. The van der Waals surface area contributed by atoms with Gasteiger partial charge in [-0.15, -0.1) is 11.3 Å². The molecular formula is C27H30N4O4S3. The number of pyridine rings is 1. The minimum atomic E-state index is -3.65. The first-order valence-electron chi connectivity index (χ1n) is 12.6. The summed E-state index contributed by atoms with van der Waals surface area (Å²) in [4.78, 5) is 24.3. The van der Waals surface area contributed by atoms with Crippen LogP contribution in [0.25, 0.3) is 10.3 Å². The van der Waals surface area contributed by atoms with Gasteiger partial charge in [-0.1, -0.05) is 55.2 Å². The number of carbonyl (C=O) groups excluding carboxylic acids is 1. The summed E-state index contributed by atoms with van der Waals surface area (Å²) in [5.74, 6) is 0.580. The van der Waals surface area contributed by atoms with Crippen LogP contribution in [-0.2, 0) is 27.9 Å². The molecule has 5 rings (SSSR count). The molecule has 8 nitrogen and oxygen atoms in total. The van der Waals surface area contributed by atoms with Crippen LogP contribution in [0, 0.1) is 5.92 Å². The maximum absolute atomic E-state index is 13.4. The highest BCUT2D eigenvalue weighted by atomic mass is 32.2. The summed E-state index contributed by atoms with van der Waals surface area (Å²) in [6.45, 7) is 0.560. The van der Waals surface area contributed by atoms with Crippen LogP contribution in [0.3, 0.4) is 0 Å². The molecule has 0 aliphatic heterocycles. The number of thiophene rings is 1. The average molecular weight is 571 g/mol. The molecule has 200 valence electrons. The molecular weight excluding hydrogens is 541 g/mol. The Morgan fingerprint density at radius 2 is 1.87 bits per heavy atom. The number of aromatic nitrogens is 2. The van der Waals surface area contributed by atoms with Gasteiger partial charge in [0.25, 0.3) is 0 Å². The van der Waals surface area contributed by atoms with E-state index in [4.69, 9.17) is 4.74 Å². The summed E-state index contributed by atoms with van der Waals surface area (Å²) in [5.41, 5.74) is 1.59. The van der Waals surface area contributed by atoms with E-state index < -0.39 is 10.0 Å². The lowest BCUT2D eigenvalue weighted by Crippen LogP contribution is -2.30. The normalized spacial score (nSPS) is 15.1. The third kappa shape index (κ3) is 6.40. The van der Waals surface area contributed by atoms with Crippen molar-refractivity contribution < 1.29 is 17.9 Å². The zero-order valence-corrected chi connectivity index (χ0v) is 23.5. The van der Waals surface area contributed by atoms with Crippen molar-refractivity contribution in [1.29, 1.82) is 0 Å². The maximum atomic E-state index is 13.4. The lowest BCUT2D eigenvalue weighted by Gasteiger charge is -2.21. The van der Waals surface area contributed by atoms with Crippen LogP contribution in [0.5, 0.6) is 5.88 Å². The number of carbonyl (C=O) groups is 1. The fourth-order valence-electron chi connectivity index (χ4n) is 4.84. The lowest BCUT2D eigenvalue weighted by molar-refractivity contribution is -0.123. The molecule has 1 fully saturated rings. The van der Waals surface area contributed by atoms with Crippen molar-refractivity contribution in [2.75, 3.05) is 7.11 Å². The van der Waals surface area contributed by atoms with Crippen molar-refractivity contribution >= 4 is 49.0 Å². The molecule has 0 bridgehead atoms. The van der Waals surface area contributed by atoms with Gasteiger partial charge < -0.3 is 10.1 Å². The predicted molar refractivity (Wildman–Crippen MR) is 150 cm³/mol. The Morgan fingerprint density at radius 3 is 2.58 bits per heavy atom. The topological polar surface area (TPSA) is 110 Å². The maximum Gasteiger partial charge on any atom is 0.240 e. The minimum absolute atomic E-state index is 0.0758. The van der Waals surface area contributed by atoms with Crippen LogP contribution in [0.4, 0.5) is 0 Å². The fraction of sp³-hybridized carbons (Fsp3) is 0.370. The smallest absolute Gasteiger partial charge is 0.240 e. The van der Waals surface area contributed by atoms with Gasteiger partial charge in [0.2, 0.25) is 21.8 Å². The van der Waals surface area contributed by atoms with E-state index in [-0.39, 0.29) is 23.3 Å². The van der Waals surface area contributed by atoms with Gasteiger partial charge in [-0.3, -0.25) is 4.79 Å². The van der Waals surface area contributed by atoms with E-state index in [1.807, 2.05) is 23.6 Å². The Morgan fingerprint density at radius 1 is 1.08 bits per heavy atom. The molecule has 1 atom stereocenters. The van der Waals surface area contributed by atoms with Gasteiger partial charge in [-0.25, -0.2) is 23.1 Å².